The molecule has 0 bridgehead atoms. The highest BCUT2D eigenvalue weighted by molar-refractivity contribution is 8.26. The van der Waals surface area contributed by atoms with Gasteiger partial charge in [0.1, 0.15) is 4.32 Å². The highest BCUT2D eigenvalue weighted by Gasteiger charge is 2.32. The van der Waals surface area contributed by atoms with Crippen LogP contribution < -0.4 is 0 Å². The molecule has 1 saturated heterocycles. The van der Waals surface area contributed by atoms with Crippen LogP contribution in [0.2, 0.25) is 5.02 Å². The van der Waals surface area contributed by atoms with E-state index in [2.05, 4.69) is 0 Å². The van der Waals surface area contributed by atoms with Crippen LogP contribution in [0.3, 0.4) is 0 Å². The Balaban J connectivity index is 2.03. The van der Waals surface area contributed by atoms with E-state index < -0.39 is 0 Å². The van der Waals surface area contributed by atoms with Gasteiger partial charge in [0, 0.05) is 11.6 Å². The van der Waals surface area contributed by atoms with Crippen LogP contribution in [0.1, 0.15) is 25.3 Å². The zero-order valence-electron chi connectivity index (χ0n) is 12.6. The molecule has 2 rings (SSSR count). The molecule has 0 unspecified atom stereocenters. The molecule has 1 fully saturated rings. The standard InChI is InChI=1S/C16H16ClNO3S2/c1-2-9-21-14(19)7-8-18-15(20)13(23-16(18)22)10-11-5-3-4-6-12(11)17/h3-6,10H,2,7-9H2,1H3/b13-10-. The van der Waals surface area contributed by atoms with E-state index in [1.54, 1.807) is 12.1 Å². The Labute approximate surface area is 149 Å². The summed E-state index contributed by atoms with van der Waals surface area (Å²) < 4.78 is 5.44. The molecule has 1 amide bonds. The van der Waals surface area contributed by atoms with Crippen LogP contribution >= 0.6 is 35.6 Å². The molecule has 1 aromatic carbocycles. The fourth-order valence-corrected chi connectivity index (χ4v) is 3.41. The quantitative estimate of drug-likeness (QED) is 0.432. The van der Waals surface area contributed by atoms with E-state index in [0.717, 1.165) is 12.0 Å². The zero-order valence-corrected chi connectivity index (χ0v) is 15.0. The molecule has 122 valence electrons. The van der Waals surface area contributed by atoms with Gasteiger partial charge in [0.25, 0.3) is 5.91 Å². The number of ether oxygens (including phenoxy) is 1. The molecular weight excluding hydrogens is 354 g/mol. The van der Waals surface area contributed by atoms with Crippen molar-refractivity contribution >= 4 is 57.9 Å². The topological polar surface area (TPSA) is 46.6 Å². The summed E-state index contributed by atoms with van der Waals surface area (Å²) in [7, 11) is 0. The Kier molecular flexibility index (Phi) is 6.62. The van der Waals surface area contributed by atoms with Gasteiger partial charge in [0.2, 0.25) is 0 Å². The van der Waals surface area contributed by atoms with E-state index >= 15 is 0 Å². The second-order valence-electron chi connectivity index (χ2n) is 4.83. The Morgan fingerprint density at radius 3 is 2.87 bits per heavy atom. The maximum Gasteiger partial charge on any atom is 0.307 e. The van der Waals surface area contributed by atoms with Crippen LogP contribution in [0.25, 0.3) is 6.08 Å². The second kappa shape index (κ2) is 8.47. The number of thioether (sulfide) groups is 1. The number of thiocarbonyl (C=S) groups is 1. The zero-order chi connectivity index (χ0) is 16.8. The molecule has 0 aliphatic carbocycles. The number of carbonyl (C=O) groups is 2. The summed E-state index contributed by atoms with van der Waals surface area (Å²) >= 11 is 12.5. The molecule has 1 aliphatic heterocycles. The Bertz CT molecular complexity index is 660. The second-order valence-corrected chi connectivity index (χ2v) is 6.91. The van der Waals surface area contributed by atoms with Crippen molar-refractivity contribution in [2.75, 3.05) is 13.2 Å². The maximum absolute atomic E-state index is 12.4. The van der Waals surface area contributed by atoms with Crippen molar-refractivity contribution < 1.29 is 14.3 Å². The third-order valence-corrected chi connectivity index (χ3v) is 4.79. The largest absolute Gasteiger partial charge is 0.466 e. The number of nitrogens with zero attached hydrogens (tertiary/aromatic N) is 1. The monoisotopic (exact) mass is 369 g/mol. The number of hydrogen-bond acceptors (Lipinski definition) is 5. The first-order valence-electron chi connectivity index (χ1n) is 7.18. The number of esters is 1. The van der Waals surface area contributed by atoms with Gasteiger partial charge in [-0.2, -0.15) is 0 Å². The Hall–Kier alpha value is -1.37. The molecule has 1 aliphatic rings. The summed E-state index contributed by atoms with van der Waals surface area (Å²) in [6.45, 7) is 2.55. The molecule has 1 heterocycles. The first-order chi connectivity index (χ1) is 11.0. The van der Waals surface area contributed by atoms with Gasteiger partial charge >= 0.3 is 5.97 Å². The van der Waals surface area contributed by atoms with Crippen molar-refractivity contribution in [1.82, 2.24) is 4.90 Å². The molecule has 0 spiro atoms. The normalized spacial score (nSPS) is 16.3. The van der Waals surface area contributed by atoms with Crippen LogP contribution in [-0.4, -0.2) is 34.2 Å². The highest BCUT2D eigenvalue weighted by Crippen LogP contribution is 2.33. The van der Waals surface area contributed by atoms with Crippen molar-refractivity contribution in [3.63, 3.8) is 0 Å². The first-order valence-corrected chi connectivity index (χ1v) is 8.78. The SMILES string of the molecule is CCCOC(=O)CCN1C(=O)/C(=C/c2ccccc2Cl)SC1=S. The molecular formula is C16H16ClNO3S2. The summed E-state index contributed by atoms with van der Waals surface area (Å²) in [5.41, 5.74) is 0.761. The summed E-state index contributed by atoms with van der Waals surface area (Å²) in [6, 6.07) is 7.27. The van der Waals surface area contributed by atoms with Gasteiger partial charge in [0.05, 0.1) is 17.9 Å². The van der Waals surface area contributed by atoms with Gasteiger partial charge in [-0.15, -0.1) is 0 Å². The minimum absolute atomic E-state index is 0.131. The van der Waals surface area contributed by atoms with E-state index in [4.69, 9.17) is 28.6 Å². The fourth-order valence-electron chi connectivity index (χ4n) is 1.92. The number of benzene rings is 1. The lowest BCUT2D eigenvalue weighted by atomic mass is 10.2. The van der Waals surface area contributed by atoms with E-state index in [-0.39, 0.29) is 24.8 Å². The van der Waals surface area contributed by atoms with Gasteiger partial charge < -0.3 is 4.74 Å². The molecule has 23 heavy (non-hydrogen) atoms. The summed E-state index contributed by atoms with van der Waals surface area (Å²) in [5, 5.41) is 0.570. The van der Waals surface area contributed by atoms with Gasteiger partial charge in [-0.05, 0) is 24.1 Å². The molecule has 0 aromatic heterocycles. The smallest absolute Gasteiger partial charge is 0.307 e. The van der Waals surface area contributed by atoms with Crippen molar-refractivity contribution in [3.8, 4) is 0 Å². The van der Waals surface area contributed by atoms with Gasteiger partial charge in [-0.25, -0.2) is 0 Å². The molecule has 0 radical (unpaired) electrons. The first kappa shape index (κ1) is 18.0. The lowest BCUT2D eigenvalue weighted by Crippen LogP contribution is -2.30. The number of carbonyl (C=O) groups excluding carboxylic acids is 2. The number of hydrogen-bond donors (Lipinski definition) is 0. The van der Waals surface area contributed by atoms with Crippen LogP contribution in [0.4, 0.5) is 0 Å². The van der Waals surface area contributed by atoms with E-state index in [1.807, 2.05) is 25.1 Å². The minimum atomic E-state index is -0.323. The van der Waals surface area contributed by atoms with Gasteiger partial charge in [-0.1, -0.05) is 60.7 Å². The summed E-state index contributed by atoms with van der Waals surface area (Å²) in [6.07, 6.45) is 2.62. The van der Waals surface area contributed by atoms with Crippen LogP contribution in [0.15, 0.2) is 29.2 Å². The van der Waals surface area contributed by atoms with E-state index in [9.17, 15) is 9.59 Å². The van der Waals surface area contributed by atoms with Gasteiger partial charge in [-0.3, -0.25) is 14.5 Å². The highest BCUT2D eigenvalue weighted by atomic mass is 35.5. The van der Waals surface area contributed by atoms with Crippen molar-refractivity contribution in [3.05, 3.63) is 39.8 Å². The number of rotatable bonds is 6. The van der Waals surface area contributed by atoms with Crippen LogP contribution in [0, 0.1) is 0 Å². The average molecular weight is 370 g/mol. The van der Waals surface area contributed by atoms with Gasteiger partial charge in [0.15, 0.2) is 0 Å². The molecule has 1 aromatic rings. The third-order valence-electron chi connectivity index (χ3n) is 3.07. The molecule has 7 heteroatoms. The van der Waals surface area contributed by atoms with Crippen molar-refractivity contribution in [1.29, 1.82) is 0 Å². The van der Waals surface area contributed by atoms with E-state index in [0.29, 0.717) is 20.9 Å². The molecule has 0 atom stereocenters. The number of halogens is 1. The van der Waals surface area contributed by atoms with Crippen molar-refractivity contribution in [2.45, 2.75) is 19.8 Å². The Morgan fingerprint density at radius 1 is 1.43 bits per heavy atom. The van der Waals surface area contributed by atoms with Crippen LogP contribution in [-0.2, 0) is 14.3 Å². The predicted octanol–water partition coefficient (Wildman–Crippen LogP) is 3.88. The number of amides is 1. The lowest BCUT2D eigenvalue weighted by molar-refractivity contribution is -0.143. The summed E-state index contributed by atoms with van der Waals surface area (Å²) in [5.74, 6) is -0.529. The van der Waals surface area contributed by atoms with Crippen LogP contribution in [0.5, 0.6) is 0 Å². The molecule has 4 nitrogen and oxygen atoms in total. The van der Waals surface area contributed by atoms with E-state index in [1.165, 1.54) is 16.7 Å². The summed E-state index contributed by atoms with van der Waals surface area (Å²) in [4.78, 5) is 25.9. The van der Waals surface area contributed by atoms with Crippen molar-refractivity contribution in [2.24, 2.45) is 0 Å². The Morgan fingerprint density at radius 2 is 2.17 bits per heavy atom. The molecule has 0 N–H and O–H groups in total. The molecule has 0 saturated carbocycles. The maximum atomic E-state index is 12.4. The average Bonchev–Trinajstić information content (AvgIpc) is 2.79. The lowest BCUT2D eigenvalue weighted by Gasteiger charge is -2.13. The third kappa shape index (κ3) is 4.80. The fraction of sp³-hybridized carbons (Fsp3) is 0.312. The minimum Gasteiger partial charge on any atom is -0.466 e. The predicted molar refractivity (Wildman–Crippen MR) is 97.2 cm³/mol.